The standard InChI is InChI=1S/C15H22BrNO2/c1-2-3-4-10-17-15(18)9-6-11-19-14-8-5-7-13(16)12-14/h5,7-8,12H,2-4,6,9-11H2,1H3,(H,17,18). The van der Waals surface area contributed by atoms with Crippen molar-refractivity contribution in [3.8, 4) is 5.75 Å². The van der Waals surface area contributed by atoms with Crippen molar-refractivity contribution in [3.63, 3.8) is 0 Å². The van der Waals surface area contributed by atoms with Crippen LogP contribution in [0.5, 0.6) is 5.75 Å². The minimum absolute atomic E-state index is 0.119. The van der Waals surface area contributed by atoms with Gasteiger partial charge in [-0.15, -0.1) is 0 Å². The Kier molecular flexibility index (Phi) is 8.30. The lowest BCUT2D eigenvalue weighted by Crippen LogP contribution is -2.24. The third kappa shape index (κ3) is 7.88. The number of amides is 1. The van der Waals surface area contributed by atoms with Crippen LogP contribution in [-0.2, 0) is 4.79 Å². The van der Waals surface area contributed by atoms with Gasteiger partial charge in [0.05, 0.1) is 6.61 Å². The van der Waals surface area contributed by atoms with Crippen LogP contribution in [0, 0.1) is 0 Å². The Morgan fingerprint density at radius 1 is 1.32 bits per heavy atom. The third-order valence-corrected chi connectivity index (χ3v) is 3.21. The van der Waals surface area contributed by atoms with Crippen molar-refractivity contribution >= 4 is 21.8 Å². The largest absolute Gasteiger partial charge is 0.494 e. The molecule has 0 aliphatic rings. The molecule has 1 N–H and O–H groups in total. The Morgan fingerprint density at radius 2 is 2.16 bits per heavy atom. The monoisotopic (exact) mass is 327 g/mol. The highest BCUT2D eigenvalue weighted by molar-refractivity contribution is 9.10. The van der Waals surface area contributed by atoms with Gasteiger partial charge >= 0.3 is 0 Å². The highest BCUT2D eigenvalue weighted by Crippen LogP contribution is 2.17. The second-order valence-corrected chi connectivity index (χ2v) is 5.38. The molecule has 0 fully saturated rings. The molecule has 0 unspecified atom stereocenters. The summed E-state index contributed by atoms with van der Waals surface area (Å²) in [6.07, 6.45) is 4.69. The lowest BCUT2D eigenvalue weighted by atomic mass is 10.2. The molecule has 0 saturated heterocycles. The average molecular weight is 328 g/mol. The predicted octanol–water partition coefficient (Wildman–Crippen LogP) is 3.91. The predicted molar refractivity (Wildman–Crippen MR) is 81.4 cm³/mol. The summed E-state index contributed by atoms with van der Waals surface area (Å²) in [5, 5.41) is 2.92. The summed E-state index contributed by atoms with van der Waals surface area (Å²) < 4.78 is 6.57. The molecule has 3 nitrogen and oxygen atoms in total. The van der Waals surface area contributed by atoms with E-state index in [9.17, 15) is 4.79 Å². The molecule has 1 aromatic carbocycles. The van der Waals surface area contributed by atoms with Gasteiger partial charge in [0.2, 0.25) is 5.91 Å². The Morgan fingerprint density at radius 3 is 2.89 bits per heavy atom. The van der Waals surface area contributed by atoms with Gasteiger partial charge < -0.3 is 10.1 Å². The zero-order chi connectivity index (χ0) is 13.9. The number of nitrogens with one attached hydrogen (secondary N) is 1. The third-order valence-electron chi connectivity index (χ3n) is 2.72. The van der Waals surface area contributed by atoms with Crippen LogP contribution in [0.4, 0.5) is 0 Å². The van der Waals surface area contributed by atoms with Crippen LogP contribution < -0.4 is 10.1 Å². The van der Waals surface area contributed by atoms with Gasteiger partial charge in [0.15, 0.2) is 0 Å². The number of benzene rings is 1. The van der Waals surface area contributed by atoms with Gasteiger partial charge in [0.1, 0.15) is 5.75 Å². The van der Waals surface area contributed by atoms with Crippen LogP contribution in [0.2, 0.25) is 0 Å². The van der Waals surface area contributed by atoms with Crippen LogP contribution in [0.15, 0.2) is 28.7 Å². The molecule has 0 aliphatic carbocycles. The first kappa shape index (κ1) is 16.0. The molecule has 0 atom stereocenters. The van der Waals surface area contributed by atoms with Gasteiger partial charge in [-0.2, -0.15) is 0 Å². The van der Waals surface area contributed by atoms with E-state index in [1.165, 1.54) is 12.8 Å². The van der Waals surface area contributed by atoms with E-state index in [-0.39, 0.29) is 5.91 Å². The Bertz CT molecular complexity index is 382. The Hall–Kier alpha value is -1.03. The molecule has 1 amide bonds. The van der Waals surface area contributed by atoms with Crippen molar-refractivity contribution < 1.29 is 9.53 Å². The van der Waals surface area contributed by atoms with Gasteiger partial charge in [0, 0.05) is 17.4 Å². The number of carbonyl (C=O) groups is 1. The molecule has 106 valence electrons. The summed E-state index contributed by atoms with van der Waals surface area (Å²) in [6, 6.07) is 7.72. The number of halogens is 1. The molecule has 19 heavy (non-hydrogen) atoms. The first-order valence-electron chi connectivity index (χ1n) is 6.87. The maximum atomic E-state index is 11.5. The van der Waals surface area contributed by atoms with Gasteiger partial charge in [-0.1, -0.05) is 41.8 Å². The molecule has 0 bridgehead atoms. The summed E-state index contributed by atoms with van der Waals surface area (Å²) in [5.74, 6) is 0.951. The second-order valence-electron chi connectivity index (χ2n) is 4.47. The molecule has 0 saturated carbocycles. The SMILES string of the molecule is CCCCCNC(=O)CCCOc1cccc(Br)c1. The van der Waals surface area contributed by atoms with E-state index in [1.807, 2.05) is 24.3 Å². The van der Waals surface area contributed by atoms with E-state index in [4.69, 9.17) is 4.74 Å². The zero-order valence-corrected chi connectivity index (χ0v) is 13.0. The normalized spacial score (nSPS) is 10.2. The molecule has 0 radical (unpaired) electrons. The molecular weight excluding hydrogens is 306 g/mol. The fraction of sp³-hybridized carbons (Fsp3) is 0.533. The Labute approximate surface area is 123 Å². The maximum Gasteiger partial charge on any atom is 0.220 e. The number of ether oxygens (including phenoxy) is 1. The molecular formula is C15H22BrNO2. The zero-order valence-electron chi connectivity index (χ0n) is 11.5. The van der Waals surface area contributed by atoms with Crippen molar-refractivity contribution in [1.29, 1.82) is 0 Å². The van der Waals surface area contributed by atoms with Crippen LogP contribution in [0.3, 0.4) is 0 Å². The Balaban J connectivity index is 2.05. The van der Waals surface area contributed by atoms with Crippen molar-refractivity contribution in [1.82, 2.24) is 5.32 Å². The summed E-state index contributed by atoms with van der Waals surface area (Å²) in [7, 11) is 0. The van der Waals surface area contributed by atoms with Crippen molar-refractivity contribution in [3.05, 3.63) is 28.7 Å². The summed E-state index contributed by atoms with van der Waals surface area (Å²) in [4.78, 5) is 11.5. The van der Waals surface area contributed by atoms with E-state index in [2.05, 4.69) is 28.2 Å². The number of carbonyl (C=O) groups excluding carboxylic acids is 1. The van der Waals surface area contributed by atoms with Crippen molar-refractivity contribution in [2.45, 2.75) is 39.0 Å². The van der Waals surface area contributed by atoms with E-state index in [0.717, 1.165) is 29.6 Å². The van der Waals surface area contributed by atoms with Gasteiger partial charge in [-0.05, 0) is 31.0 Å². The molecule has 1 rings (SSSR count). The highest BCUT2D eigenvalue weighted by Gasteiger charge is 2.01. The fourth-order valence-corrected chi connectivity index (χ4v) is 2.05. The van der Waals surface area contributed by atoms with Crippen molar-refractivity contribution in [2.24, 2.45) is 0 Å². The van der Waals surface area contributed by atoms with Crippen LogP contribution in [-0.4, -0.2) is 19.1 Å². The lowest BCUT2D eigenvalue weighted by molar-refractivity contribution is -0.121. The summed E-state index contributed by atoms with van der Waals surface area (Å²) in [6.45, 7) is 3.51. The molecule has 0 heterocycles. The topological polar surface area (TPSA) is 38.3 Å². The lowest BCUT2D eigenvalue weighted by Gasteiger charge is -2.07. The minimum Gasteiger partial charge on any atom is -0.494 e. The highest BCUT2D eigenvalue weighted by atomic mass is 79.9. The first-order valence-corrected chi connectivity index (χ1v) is 7.66. The van der Waals surface area contributed by atoms with E-state index >= 15 is 0 Å². The fourth-order valence-electron chi connectivity index (χ4n) is 1.67. The first-order chi connectivity index (χ1) is 9.22. The van der Waals surface area contributed by atoms with Gasteiger partial charge in [-0.25, -0.2) is 0 Å². The number of hydrogen-bond donors (Lipinski definition) is 1. The molecule has 4 heteroatoms. The van der Waals surface area contributed by atoms with Gasteiger partial charge in [0.25, 0.3) is 0 Å². The maximum absolute atomic E-state index is 11.5. The van der Waals surface area contributed by atoms with Crippen LogP contribution in [0.1, 0.15) is 39.0 Å². The molecule has 0 aliphatic heterocycles. The molecule has 1 aromatic rings. The number of rotatable bonds is 9. The van der Waals surface area contributed by atoms with Crippen LogP contribution in [0.25, 0.3) is 0 Å². The second kappa shape index (κ2) is 9.84. The van der Waals surface area contributed by atoms with Crippen LogP contribution >= 0.6 is 15.9 Å². The quantitative estimate of drug-likeness (QED) is 0.698. The van der Waals surface area contributed by atoms with Crippen molar-refractivity contribution in [2.75, 3.05) is 13.2 Å². The molecule has 0 aromatic heterocycles. The van der Waals surface area contributed by atoms with Gasteiger partial charge in [-0.3, -0.25) is 4.79 Å². The average Bonchev–Trinajstić information content (AvgIpc) is 2.40. The van der Waals surface area contributed by atoms with E-state index in [1.54, 1.807) is 0 Å². The number of hydrogen-bond acceptors (Lipinski definition) is 2. The minimum atomic E-state index is 0.119. The summed E-state index contributed by atoms with van der Waals surface area (Å²) >= 11 is 3.39. The van der Waals surface area contributed by atoms with E-state index in [0.29, 0.717) is 13.0 Å². The summed E-state index contributed by atoms with van der Waals surface area (Å²) in [5.41, 5.74) is 0. The number of unbranched alkanes of at least 4 members (excludes halogenated alkanes) is 2. The van der Waals surface area contributed by atoms with E-state index < -0.39 is 0 Å². The molecule has 0 spiro atoms. The smallest absolute Gasteiger partial charge is 0.220 e.